The lowest BCUT2D eigenvalue weighted by Crippen LogP contribution is -2.42. The molecule has 0 saturated carbocycles. The van der Waals surface area contributed by atoms with E-state index in [1.807, 2.05) is 0 Å². The predicted molar refractivity (Wildman–Crippen MR) is 63.4 cm³/mol. The standard InChI is InChI=1S/C10H20N4O3/c1-3-8(15)14-7(9(16)17-2)5-4-6-13-10(11)12/h7H,3-6H2,1-2H3,(H,14,15)(H4,11,12,13)/t7-/m0/s1. The first-order valence-corrected chi connectivity index (χ1v) is 5.46. The largest absolute Gasteiger partial charge is 0.467 e. The fraction of sp³-hybridized carbons (Fsp3) is 0.700. The molecule has 0 fully saturated rings. The van der Waals surface area contributed by atoms with Crippen LogP contribution in [0.5, 0.6) is 0 Å². The van der Waals surface area contributed by atoms with Crippen molar-refractivity contribution in [1.29, 1.82) is 5.41 Å². The van der Waals surface area contributed by atoms with Crippen molar-refractivity contribution in [2.24, 2.45) is 5.73 Å². The van der Waals surface area contributed by atoms with Crippen molar-refractivity contribution in [2.75, 3.05) is 13.7 Å². The van der Waals surface area contributed by atoms with Crippen LogP contribution in [-0.4, -0.2) is 37.5 Å². The van der Waals surface area contributed by atoms with Crippen LogP contribution in [0.25, 0.3) is 0 Å². The molecular formula is C10H20N4O3. The van der Waals surface area contributed by atoms with Crippen LogP contribution >= 0.6 is 0 Å². The van der Waals surface area contributed by atoms with Gasteiger partial charge in [-0.3, -0.25) is 10.2 Å². The number of carbonyl (C=O) groups excluding carboxylic acids is 2. The van der Waals surface area contributed by atoms with Crippen molar-refractivity contribution < 1.29 is 14.3 Å². The molecule has 0 aromatic heterocycles. The van der Waals surface area contributed by atoms with Gasteiger partial charge in [-0.25, -0.2) is 4.79 Å². The first kappa shape index (κ1) is 15.2. The van der Waals surface area contributed by atoms with E-state index < -0.39 is 12.0 Å². The van der Waals surface area contributed by atoms with E-state index in [2.05, 4.69) is 15.4 Å². The highest BCUT2D eigenvalue weighted by atomic mass is 16.5. The van der Waals surface area contributed by atoms with E-state index in [1.165, 1.54) is 7.11 Å². The molecule has 0 unspecified atom stereocenters. The number of guanidine groups is 1. The Bertz CT molecular complexity index is 281. The van der Waals surface area contributed by atoms with E-state index in [0.29, 0.717) is 25.8 Å². The molecule has 0 bridgehead atoms. The maximum atomic E-state index is 11.4. The van der Waals surface area contributed by atoms with Crippen molar-refractivity contribution >= 4 is 17.8 Å². The SMILES string of the molecule is CCC(=O)N[C@@H](CCCNC(=N)N)C(=O)OC. The minimum absolute atomic E-state index is 0.114. The number of rotatable bonds is 7. The topological polar surface area (TPSA) is 117 Å². The minimum atomic E-state index is -0.638. The molecule has 0 aromatic carbocycles. The van der Waals surface area contributed by atoms with Crippen LogP contribution in [0.1, 0.15) is 26.2 Å². The summed E-state index contributed by atoms with van der Waals surface area (Å²) in [7, 11) is 1.28. The van der Waals surface area contributed by atoms with Gasteiger partial charge in [0, 0.05) is 13.0 Å². The quantitative estimate of drug-likeness (QED) is 0.205. The highest BCUT2D eigenvalue weighted by molar-refractivity contribution is 5.84. The summed E-state index contributed by atoms with van der Waals surface area (Å²) in [6.07, 6.45) is 1.36. The molecule has 1 amide bonds. The summed E-state index contributed by atoms with van der Waals surface area (Å²) in [6, 6.07) is -0.638. The Hall–Kier alpha value is -1.79. The van der Waals surface area contributed by atoms with Gasteiger partial charge in [-0.2, -0.15) is 0 Å². The second-order valence-corrected chi connectivity index (χ2v) is 3.48. The lowest BCUT2D eigenvalue weighted by atomic mass is 10.1. The van der Waals surface area contributed by atoms with Crippen LogP contribution in [0.4, 0.5) is 0 Å². The molecule has 0 rings (SSSR count). The van der Waals surface area contributed by atoms with Crippen LogP contribution in [0.2, 0.25) is 0 Å². The summed E-state index contributed by atoms with van der Waals surface area (Å²) < 4.78 is 4.59. The molecule has 17 heavy (non-hydrogen) atoms. The average molecular weight is 244 g/mol. The van der Waals surface area contributed by atoms with Crippen LogP contribution in [-0.2, 0) is 14.3 Å². The number of carbonyl (C=O) groups is 2. The molecular weight excluding hydrogens is 224 g/mol. The lowest BCUT2D eigenvalue weighted by Gasteiger charge is -2.16. The number of esters is 1. The normalized spacial score (nSPS) is 11.4. The molecule has 0 aromatic rings. The summed E-state index contributed by atoms with van der Waals surface area (Å²) in [5.74, 6) is -0.772. The zero-order valence-corrected chi connectivity index (χ0v) is 10.2. The van der Waals surface area contributed by atoms with Crippen LogP contribution in [0, 0.1) is 5.41 Å². The molecule has 1 atom stereocenters. The Morgan fingerprint density at radius 2 is 2.12 bits per heavy atom. The number of amides is 1. The maximum Gasteiger partial charge on any atom is 0.328 e. The van der Waals surface area contributed by atoms with Gasteiger partial charge in [-0.15, -0.1) is 0 Å². The number of hydrogen-bond donors (Lipinski definition) is 4. The maximum absolute atomic E-state index is 11.4. The van der Waals surface area contributed by atoms with Crippen molar-refractivity contribution in [3.05, 3.63) is 0 Å². The van der Waals surface area contributed by atoms with Crippen LogP contribution < -0.4 is 16.4 Å². The third-order valence-corrected chi connectivity index (χ3v) is 2.13. The Morgan fingerprint density at radius 3 is 2.59 bits per heavy atom. The number of methoxy groups -OCH3 is 1. The number of ether oxygens (including phenoxy) is 1. The van der Waals surface area contributed by atoms with Gasteiger partial charge in [-0.05, 0) is 12.8 Å². The minimum Gasteiger partial charge on any atom is -0.467 e. The van der Waals surface area contributed by atoms with Gasteiger partial charge in [0.05, 0.1) is 7.11 Å². The number of nitrogens with two attached hydrogens (primary N) is 1. The summed E-state index contributed by atoms with van der Waals surface area (Å²) >= 11 is 0. The van der Waals surface area contributed by atoms with E-state index in [1.54, 1.807) is 6.92 Å². The van der Waals surface area contributed by atoms with Gasteiger partial charge in [-0.1, -0.05) is 6.92 Å². The molecule has 0 aliphatic rings. The van der Waals surface area contributed by atoms with Crippen LogP contribution in [0.3, 0.4) is 0 Å². The monoisotopic (exact) mass is 244 g/mol. The van der Waals surface area contributed by atoms with Gasteiger partial charge in [0.15, 0.2) is 5.96 Å². The summed E-state index contributed by atoms with van der Waals surface area (Å²) in [4.78, 5) is 22.6. The molecule has 0 aliphatic heterocycles. The van der Waals surface area contributed by atoms with Crippen molar-refractivity contribution in [3.8, 4) is 0 Å². The lowest BCUT2D eigenvalue weighted by molar-refractivity contribution is -0.145. The molecule has 0 radical (unpaired) electrons. The zero-order valence-electron chi connectivity index (χ0n) is 10.2. The van der Waals surface area contributed by atoms with Crippen molar-refractivity contribution in [3.63, 3.8) is 0 Å². The smallest absolute Gasteiger partial charge is 0.328 e. The van der Waals surface area contributed by atoms with Gasteiger partial charge >= 0.3 is 5.97 Å². The third-order valence-electron chi connectivity index (χ3n) is 2.13. The Balaban J connectivity index is 4.06. The Morgan fingerprint density at radius 1 is 1.47 bits per heavy atom. The molecule has 7 heteroatoms. The van der Waals surface area contributed by atoms with Gasteiger partial charge in [0.25, 0.3) is 0 Å². The molecule has 5 N–H and O–H groups in total. The fourth-order valence-corrected chi connectivity index (χ4v) is 1.22. The van der Waals surface area contributed by atoms with Gasteiger partial charge in [0.1, 0.15) is 6.04 Å². The average Bonchev–Trinajstić information content (AvgIpc) is 2.31. The summed E-state index contributed by atoms with van der Waals surface area (Å²) in [5, 5.41) is 12.1. The highest BCUT2D eigenvalue weighted by Crippen LogP contribution is 1.99. The highest BCUT2D eigenvalue weighted by Gasteiger charge is 2.19. The molecule has 0 spiro atoms. The predicted octanol–water partition coefficient (Wildman–Crippen LogP) is -0.683. The van der Waals surface area contributed by atoms with E-state index in [9.17, 15) is 9.59 Å². The molecule has 0 aliphatic carbocycles. The Kier molecular flexibility index (Phi) is 7.49. The second-order valence-electron chi connectivity index (χ2n) is 3.48. The summed E-state index contributed by atoms with van der Waals surface area (Å²) in [5.41, 5.74) is 5.11. The van der Waals surface area contributed by atoms with Crippen LogP contribution in [0.15, 0.2) is 0 Å². The summed E-state index contributed by atoms with van der Waals surface area (Å²) in [6.45, 7) is 2.19. The van der Waals surface area contributed by atoms with E-state index in [0.717, 1.165) is 0 Å². The second kappa shape index (κ2) is 8.37. The van der Waals surface area contributed by atoms with E-state index in [-0.39, 0.29) is 11.9 Å². The number of nitrogens with one attached hydrogen (secondary N) is 3. The first-order valence-electron chi connectivity index (χ1n) is 5.46. The van der Waals surface area contributed by atoms with Crippen molar-refractivity contribution in [2.45, 2.75) is 32.2 Å². The van der Waals surface area contributed by atoms with E-state index in [4.69, 9.17) is 11.1 Å². The van der Waals surface area contributed by atoms with E-state index >= 15 is 0 Å². The number of hydrogen-bond acceptors (Lipinski definition) is 4. The molecule has 7 nitrogen and oxygen atoms in total. The zero-order chi connectivity index (χ0) is 13.3. The first-order chi connectivity index (χ1) is 8.01. The third kappa shape index (κ3) is 7.15. The molecule has 98 valence electrons. The van der Waals surface area contributed by atoms with Crippen molar-refractivity contribution in [1.82, 2.24) is 10.6 Å². The van der Waals surface area contributed by atoms with Gasteiger partial charge < -0.3 is 21.1 Å². The molecule has 0 heterocycles. The fourth-order valence-electron chi connectivity index (χ4n) is 1.22. The Labute approximate surface area is 101 Å². The van der Waals surface area contributed by atoms with Gasteiger partial charge in [0.2, 0.25) is 5.91 Å². The molecule has 0 saturated heterocycles.